The number of rotatable bonds is 4. The summed E-state index contributed by atoms with van der Waals surface area (Å²) in [5.74, 6) is 0.247. The first-order chi connectivity index (χ1) is 11.2. The molecule has 1 saturated heterocycles. The zero-order chi connectivity index (χ0) is 16.1. The van der Waals surface area contributed by atoms with Gasteiger partial charge in [0.2, 0.25) is 5.88 Å². The van der Waals surface area contributed by atoms with E-state index in [0.29, 0.717) is 31.2 Å². The zero-order valence-electron chi connectivity index (χ0n) is 12.8. The normalized spacial score (nSPS) is 20.7. The highest BCUT2D eigenvalue weighted by atomic mass is 16.5. The third kappa shape index (κ3) is 4.01. The van der Waals surface area contributed by atoms with E-state index in [0.717, 1.165) is 5.69 Å². The zero-order valence-corrected chi connectivity index (χ0v) is 12.8. The molecule has 0 radical (unpaired) electrons. The van der Waals surface area contributed by atoms with Gasteiger partial charge in [0.15, 0.2) is 0 Å². The largest absolute Gasteiger partial charge is 0.470 e. The van der Waals surface area contributed by atoms with Crippen molar-refractivity contribution >= 4 is 5.91 Å². The Balaban J connectivity index is 1.66. The van der Waals surface area contributed by atoms with E-state index in [1.165, 1.54) is 6.20 Å². The lowest BCUT2D eigenvalue weighted by Crippen LogP contribution is -2.51. The number of nitrogens with one attached hydrogen (secondary N) is 1. The van der Waals surface area contributed by atoms with Crippen LogP contribution in [0.25, 0.3) is 0 Å². The molecule has 0 saturated carbocycles. The first kappa shape index (κ1) is 15.4. The van der Waals surface area contributed by atoms with Crippen molar-refractivity contribution in [3.05, 3.63) is 48.2 Å². The lowest BCUT2D eigenvalue weighted by atomic mass is 10.1. The van der Waals surface area contributed by atoms with Crippen molar-refractivity contribution in [1.29, 1.82) is 0 Å². The number of amides is 1. The highest BCUT2D eigenvalue weighted by molar-refractivity contribution is 5.92. The Kier molecular flexibility index (Phi) is 4.77. The molecular weight excluding hydrogens is 296 g/mol. The van der Waals surface area contributed by atoms with Gasteiger partial charge in [0, 0.05) is 25.1 Å². The smallest absolute Gasteiger partial charge is 0.271 e. The van der Waals surface area contributed by atoms with Gasteiger partial charge in [0.1, 0.15) is 11.8 Å². The minimum atomic E-state index is -0.291. The SMILES string of the molecule is Cc1cnc(C(=O)N[C@@H]2CCOC[C@H]2Oc2ccccn2)cn1. The number of nitrogens with zero attached hydrogens (tertiary/aromatic N) is 3. The van der Waals surface area contributed by atoms with Gasteiger partial charge in [-0.15, -0.1) is 0 Å². The van der Waals surface area contributed by atoms with E-state index in [4.69, 9.17) is 9.47 Å². The number of pyridine rings is 1. The Morgan fingerprint density at radius 3 is 2.96 bits per heavy atom. The van der Waals surface area contributed by atoms with Crippen molar-refractivity contribution in [3.63, 3.8) is 0 Å². The van der Waals surface area contributed by atoms with Crippen LogP contribution in [0.15, 0.2) is 36.8 Å². The first-order valence-electron chi connectivity index (χ1n) is 7.47. The van der Waals surface area contributed by atoms with Crippen LogP contribution in [0.4, 0.5) is 0 Å². The van der Waals surface area contributed by atoms with E-state index in [-0.39, 0.29) is 18.1 Å². The second-order valence-electron chi connectivity index (χ2n) is 5.31. The molecule has 3 rings (SSSR count). The number of carbonyl (C=O) groups excluding carboxylic acids is 1. The maximum atomic E-state index is 12.3. The average molecular weight is 314 g/mol. The molecule has 2 aromatic rings. The molecule has 0 aliphatic carbocycles. The molecule has 1 fully saturated rings. The summed E-state index contributed by atoms with van der Waals surface area (Å²) < 4.78 is 11.3. The van der Waals surface area contributed by atoms with E-state index in [9.17, 15) is 4.79 Å². The van der Waals surface area contributed by atoms with Crippen molar-refractivity contribution in [2.45, 2.75) is 25.5 Å². The molecule has 0 unspecified atom stereocenters. The van der Waals surface area contributed by atoms with E-state index >= 15 is 0 Å². The van der Waals surface area contributed by atoms with Crippen LogP contribution >= 0.6 is 0 Å². The monoisotopic (exact) mass is 314 g/mol. The molecular formula is C16H18N4O3. The lowest BCUT2D eigenvalue weighted by Gasteiger charge is -2.31. The van der Waals surface area contributed by atoms with E-state index in [1.807, 2.05) is 19.1 Å². The fourth-order valence-corrected chi connectivity index (χ4v) is 2.32. The quantitative estimate of drug-likeness (QED) is 0.911. The van der Waals surface area contributed by atoms with Gasteiger partial charge in [-0.1, -0.05) is 6.07 Å². The van der Waals surface area contributed by atoms with Crippen molar-refractivity contribution in [2.24, 2.45) is 0 Å². The fourth-order valence-electron chi connectivity index (χ4n) is 2.32. The maximum absolute atomic E-state index is 12.3. The Hall–Kier alpha value is -2.54. The summed E-state index contributed by atoms with van der Waals surface area (Å²) in [7, 11) is 0. The average Bonchev–Trinajstić information content (AvgIpc) is 2.58. The van der Waals surface area contributed by atoms with Gasteiger partial charge in [0.05, 0.1) is 24.5 Å². The Bertz CT molecular complexity index is 648. The number of ether oxygens (including phenoxy) is 2. The molecule has 1 aliphatic rings. The van der Waals surface area contributed by atoms with Crippen LogP contribution in [0.2, 0.25) is 0 Å². The number of hydrogen-bond acceptors (Lipinski definition) is 6. The van der Waals surface area contributed by atoms with Crippen molar-refractivity contribution in [1.82, 2.24) is 20.3 Å². The number of aryl methyl sites for hydroxylation is 1. The number of aromatic nitrogens is 3. The first-order valence-corrected chi connectivity index (χ1v) is 7.47. The molecule has 7 nitrogen and oxygen atoms in total. The molecule has 23 heavy (non-hydrogen) atoms. The summed E-state index contributed by atoms with van der Waals surface area (Å²) in [6.45, 7) is 2.80. The predicted molar refractivity (Wildman–Crippen MR) is 82.1 cm³/mol. The number of hydrogen-bond donors (Lipinski definition) is 1. The van der Waals surface area contributed by atoms with Gasteiger partial charge in [0.25, 0.3) is 5.91 Å². The van der Waals surface area contributed by atoms with Gasteiger partial charge in [-0.05, 0) is 19.4 Å². The Morgan fingerprint density at radius 2 is 2.22 bits per heavy atom. The van der Waals surface area contributed by atoms with Gasteiger partial charge in [-0.2, -0.15) is 0 Å². The maximum Gasteiger partial charge on any atom is 0.271 e. The Morgan fingerprint density at radius 1 is 1.30 bits per heavy atom. The van der Waals surface area contributed by atoms with Gasteiger partial charge in [-0.3, -0.25) is 9.78 Å². The highest BCUT2D eigenvalue weighted by Crippen LogP contribution is 2.15. The van der Waals surface area contributed by atoms with Crippen LogP contribution in [0, 0.1) is 6.92 Å². The highest BCUT2D eigenvalue weighted by Gasteiger charge is 2.29. The predicted octanol–water partition coefficient (Wildman–Crippen LogP) is 1.15. The van der Waals surface area contributed by atoms with Gasteiger partial charge in [-0.25, -0.2) is 9.97 Å². The molecule has 1 amide bonds. The van der Waals surface area contributed by atoms with Crippen LogP contribution in [-0.4, -0.2) is 46.2 Å². The summed E-state index contributed by atoms with van der Waals surface area (Å²) in [6.07, 6.45) is 5.08. The molecule has 0 aromatic carbocycles. The summed E-state index contributed by atoms with van der Waals surface area (Å²) in [5.41, 5.74) is 1.06. The second kappa shape index (κ2) is 7.15. The molecule has 2 aromatic heterocycles. The van der Waals surface area contributed by atoms with Crippen LogP contribution in [0.3, 0.4) is 0 Å². The van der Waals surface area contributed by atoms with Crippen LogP contribution in [-0.2, 0) is 4.74 Å². The molecule has 0 spiro atoms. The summed E-state index contributed by atoms with van der Waals surface area (Å²) >= 11 is 0. The summed E-state index contributed by atoms with van der Waals surface area (Å²) in [4.78, 5) is 24.6. The minimum Gasteiger partial charge on any atom is -0.470 e. The fraction of sp³-hybridized carbons (Fsp3) is 0.375. The van der Waals surface area contributed by atoms with Gasteiger partial charge >= 0.3 is 0 Å². The van der Waals surface area contributed by atoms with Crippen molar-refractivity contribution < 1.29 is 14.3 Å². The molecule has 1 N–H and O–H groups in total. The van der Waals surface area contributed by atoms with Crippen LogP contribution in [0.1, 0.15) is 22.6 Å². The van der Waals surface area contributed by atoms with Crippen molar-refractivity contribution in [3.8, 4) is 5.88 Å². The topological polar surface area (TPSA) is 86.2 Å². The van der Waals surface area contributed by atoms with Crippen LogP contribution < -0.4 is 10.1 Å². The third-order valence-corrected chi connectivity index (χ3v) is 3.54. The molecule has 0 bridgehead atoms. The molecule has 1 aliphatic heterocycles. The number of carbonyl (C=O) groups is 1. The van der Waals surface area contributed by atoms with E-state index < -0.39 is 0 Å². The molecule has 2 atom stereocenters. The van der Waals surface area contributed by atoms with Crippen molar-refractivity contribution in [2.75, 3.05) is 13.2 Å². The van der Waals surface area contributed by atoms with Gasteiger partial charge < -0.3 is 14.8 Å². The molecule has 7 heteroatoms. The molecule has 120 valence electrons. The van der Waals surface area contributed by atoms with E-state index in [2.05, 4.69) is 20.3 Å². The van der Waals surface area contributed by atoms with E-state index in [1.54, 1.807) is 18.5 Å². The summed E-state index contributed by atoms with van der Waals surface area (Å²) in [5, 5.41) is 2.95. The molecule has 3 heterocycles. The summed E-state index contributed by atoms with van der Waals surface area (Å²) in [6, 6.07) is 5.28. The third-order valence-electron chi connectivity index (χ3n) is 3.54. The van der Waals surface area contributed by atoms with Crippen LogP contribution in [0.5, 0.6) is 5.88 Å². The lowest BCUT2D eigenvalue weighted by molar-refractivity contribution is -0.0153. The minimum absolute atomic E-state index is 0.165. The Labute approximate surface area is 134 Å². The standard InChI is InChI=1S/C16H18N4O3/c1-11-8-19-13(9-18-11)16(21)20-12-5-7-22-10-14(12)23-15-4-2-3-6-17-15/h2-4,6,8-9,12,14H,5,7,10H2,1H3,(H,20,21)/t12-,14-/m1/s1. The second-order valence-corrected chi connectivity index (χ2v) is 5.31.